The quantitative estimate of drug-likeness (QED) is 0.767. The monoisotopic (exact) mass is 317 g/mol. The molecule has 0 aromatic carbocycles. The molecule has 0 radical (unpaired) electrons. The molecule has 0 bridgehead atoms. The Morgan fingerprint density at radius 2 is 2.22 bits per heavy atom. The molecule has 4 heteroatoms. The zero-order chi connectivity index (χ0) is 17.0. The normalized spacial score (nSPS) is 27.6. The van der Waals surface area contributed by atoms with Gasteiger partial charge in [-0.15, -0.1) is 0 Å². The van der Waals surface area contributed by atoms with E-state index in [9.17, 15) is 4.79 Å². The van der Waals surface area contributed by atoms with Crippen LogP contribution in [-0.2, 0) is 4.79 Å². The van der Waals surface area contributed by atoms with Gasteiger partial charge in [0.25, 0.3) is 5.91 Å². The highest BCUT2D eigenvalue weighted by molar-refractivity contribution is 6.02. The van der Waals surface area contributed by atoms with Gasteiger partial charge < -0.3 is 16.0 Å². The van der Waals surface area contributed by atoms with Gasteiger partial charge in [0.05, 0.1) is 0 Å². The summed E-state index contributed by atoms with van der Waals surface area (Å²) in [6, 6.07) is 0.561. The number of allylic oxidation sites excluding steroid dienone is 2. The third-order valence-electron chi connectivity index (χ3n) is 5.06. The summed E-state index contributed by atoms with van der Waals surface area (Å²) in [5.41, 5.74) is 10.4. The fourth-order valence-electron chi connectivity index (χ4n) is 3.46. The van der Waals surface area contributed by atoms with Crippen molar-refractivity contribution < 1.29 is 4.79 Å². The Balaban J connectivity index is 2.39. The first kappa shape index (κ1) is 17.8. The van der Waals surface area contributed by atoms with Crippen molar-refractivity contribution in [1.82, 2.24) is 10.2 Å². The third-order valence-corrected chi connectivity index (χ3v) is 5.06. The number of rotatable bonds is 5. The fraction of sp³-hybridized carbons (Fsp3) is 0.632. The smallest absolute Gasteiger partial charge is 0.251 e. The molecule has 128 valence electrons. The van der Waals surface area contributed by atoms with Crippen molar-refractivity contribution in [2.24, 2.45) is 5.73 Å². The van der Waals surface area contributed by atoms with E-state index in [0.29, 0.717) is 12.6 Å². The van der Waals surface area contributed by atoms with E-state index in [2.05, 4.69) is 50.1 Å². The Bertz CT molecular complexity index is 545. The molecular formula is C19H31N3O. The lowest BCUT2D eigenvalue weighted by molar-refractivity contribution is -0.116. The van der Waals surface area contributed by atoms with Crippen LogP contribution in [0.4, 0.5) is 0 Å². The van der Waals surface area contributed by atoms with Gasteiger partial charge in [0.15, 0.2) is 0 Å². The van der Waals surface area contributed by atoms with Crippen LogP contribution in [0.5, 0.6) is 0 Å². The van der Waals surface area contributed by atoms with Crippen LogP contribution in [0.2, 0.25) is 0 Å². The molecule has 4 nitrogen and oxygen atoms in total. The molecule has 23 heavy (non-hydrogen) atoms. The predicted molar refractivity (Wildman–Crippen MR) is 95.8 cm³/mol. The van der Waals surface area contributed by atoms with Gasteiger partial charge in [0.1, 0.15) is 0 Å². The first-order chi connectivity index (χ1) is 11.0. The van der Waals surface area contributed by atoms with Crippen LogP contribution in [0, 0.1) is 0 Å². The number of hydrogen-bond donors (Lipinski definition) is 2. The molecule has 0 aromatic heterocycles. The van der Waals surface area contributed by atoms with Gasteiger partial charge >= 0.3 is 0 Å². The Labute approximate surface area is 140 Å². The average Bonchev–Trinajstić information content (AvgIpc) is 3.12. The van der Waals surface area contributed by atoms with Crippen LogP contribution in [0.25, 0.3) is 0 Å². The maximum Gasteiger partial charge on any atom is 0.251 e. The number of amides is 1. The number of likely N-dealkylation sites (tertiary alicyclic amines) is 1. The van der Waals surface area contributed by atoms with Gasteiger partial charge in [-0.2, -0.15) is 0 Å². The van der Waals surface area contributed by atoms with Gasteiger partial charge in [-0.1, -0.05) is 25.5 Å². The van der Waals surface area contributed by atoms with Gasteiger partial charge in [-0.3, -0.25) is 4.79 Å². The van der Waals surface area contributed by atoms with E-state index in [0.717, 1.165) is 36.1 Å². The molecule has 0 saturated carbocycles. The summed E-state index contributed by atoms with van der Waals surface area (Å²) in [6.07, 6.45) is 8.61. The average molecular weight is 317 g/mol. The van der Waals surface area contributed by atoms with Crippen LogP contribution in [0.3, 0.4) is 0 Å². The Morgan fingerprint density at radius 3 is 2.78 bits per heavy atom. The summed E-state index contributed by atoms with van der Waals surface area (Å²) < 4.78 is 0. The zero-order valence-corrected chi connectivity index (χ0v) is 15.0. The highest BCUT2D eigenvalue weighted by Gasteiger charge is 2.28. The second kappa shape index (κ2) is 7.82. The molecule has 0 aliphatic carbocycles. The van der Waals surface area contributed by atoms with Crippen LogP contribution in [0.15, 0.2) is 34.6 Å². The molecule has 1 amide bonds. The molecule has 2 heterocycles. The van der Waals surface area contributed by atoms with Crippen LogP contribution >= 0.6 is 0 Å². The van der Waals surface area contributed by atoms with Crippen molar-refractivity contribution in [1.29, 1.82) is 0 Å². The Morgan fingerprint density at radius 1 is 1.48 bits per heavy atom. The van der Waals surface area contributed by atoms with Crippen molar-refractivity contribution in [2.75, 3.05) is 13.1 Å². The fourth-order valence-corrected chi connectivity index (χ4v) is 3.46. The summed E-state index contributed by atoms with van der Waals surface area (Å²) in [6.45, 7) is 10.2. The van der Waals surface area contributed by atoms with E-state index in [-0.39, 0.29) is 11.9 Å². The zero-order valence-electron chi connectivity index (χ0n) is 15.0. The molecule has 2 rings (SSSR count). The number of carbonyl (C=O) groups excluding carboxylic acids is 1. The summed E-state index contributed by atoms with van der Waals surface area (Å²) in [5.74, 6) is 0.0245. The predicted octanol–water partition coefficient (Wildman–Crippen LogP) is 2.87. The number of hydrogen-bond acceptors (Lipinski definition) is 3. The molecule has 0 spiro atoms. The standard InChI is InChI=1S/C19H31N3O/c1-5-8-15(22-10-7-9-13(22)3)11-16-17(12-21-19(16)23)14(4)18(20)6-2/h8,11,13,18H,5-7,9-10,12,20H2,1-4H3,(H,21,23)/b15-8-,16-11+,17-14+. The number of nitrogens with zero attached hydrogens (tertiary/aromatic N) is 1. The second-order valence-electron chi connectivity index (χ2n) is 6.64. The van der Waals surface area contributed by atoms with E-state index >= 15 is 0 Å². The van der Waals surface area contributed by atoms with Crippen LogP contribution < -0.4 is 11.1 Å². The van der Waals surface area contributed by atoms with E-state index in [1.165, 1.54) is 18.5 Å². The minimum absolute atomic E-state index is 0.0189. The van der Waals surface area contributed by atoms with Gasteiger partial charge in [-0.25, -0.2) is 0 Å². The van der Waals surface area contributed by atoms with Crippen molar-refractivity contribution >= 4 is 5.91 Å². The van der Waals surface area contributed by atoms with E-state index in [4.69, 9.17) is 5.73 Å². The maximum absolute atomic E-state index is 12.3. The molecule has 2 aliphatic rings. The Hall–Kier alpha value is -1.55. The number of carbonyl (C=O) groups is 1. The molecule has 2 atom stereocenters. The SMILES string of the molecule is CC/C=C(/C=C1/C(=O)NC/C1=C(/C)C(N)CC)N1CCCC1C. The van der Waals surface area contributed by atoms with E-state index < -0.39 is 0 Å². The largest absolute Gasteiger partial charge is 0.369 e. The molecule has 0 aromatic rings. The Kier molecular flexibility index (Phi) is 6.05. The van der Waals surface area contributed by atoms with Gasteiger partial charge in [0.2, 0.25) is 0 Å². The third kappa shape index (κ3) is 3.86. The van der Waals surface area contributed by atoms with E-state index in [1.54, 1.807) is 0 Å². The molecule has 2 fully saturated rings. The molecule has 3 N–H and O–H groups in total. The molecular weight excluding hydrogens is 286 g/mol. The summed E-state index contributed by atoms with van der Waals surface area (Å²) in [5, 5.41) is 2.96. The van der Waals surface area contributed by atoms with E-state index in [1.807, 2.05) is 0 Å². The first-order valence-electron chi connectivity index (χ1n) is 8.91. The van der Waals surface area contributed by atoms with Crippen molar-refractivity contribution in [3.8, 4) is 0 Å². The molecule has 2 unspecified atom stereocenters. The lowest BCUT2D eigenvalue weighted by atomic mass is 9.96. The van der Waals surface area contributed by atoms with Gasteiger partial charge in [-0.05, 0) is 51.2 Å². The topological polar surface area (TPSA) is 58.4 Å². The van der Waals surface area contributed by atoms with Gasteiger partial charge in [0, 0.05) is 36.4 Å². The van der Waals surface area contributed by atoms with Crippen molar-refractivity contribution in [3.63, 3.8) is 0 Å². The first-order valence-corrected chi connectivity index (χ1v) is 8.91. The summed E-state index contributed by atoms with van der Waals surface area (Å²) >= 11 is 0. The highest BCUT2D eigenvalue weighted by atomic mass is 16.2. The number of nitrogens with two attached hydrogens (primary N) is 1. The highest BCUT2D eigenvalue weighted by Crippen LogP contribution is 2.28. The minimum Gasteiger partial charge on any atom is -0.369 e. The lowest BCUT2D eigenvalue weighted by Gasteiger charge is -2.25. The summed E-state index contributed by atoms with van der Waals surface area (Å²) in [7, 11) is 0. The van der Waals surface area contributed by atoms with Crippen LogP contribution in [-0.4, -0.2) is 36.0 Å². The summed E-state index contributed by atoms with van der Waals surface area (Å²) in [4.78, 5) is 14.8. The maximum atomic E-state index is 12.3. The minimum atomic E-state index is 0.0189. The van der Waals surface area contributed by atoms with Crippen molar-refractivity contribution in [2.45, 2.75) is 65.5 Å². The lowest BCUT2D eigenvalue weighted by Crippen LogP contribution is -2.26. The molecule has 2 saturated heterocycles. The molecule has 2 aliphatic heterocycles. The van der Waals surface area contributed by atoms with Crippen molar-refractivity contribution in [3.05, 3.63) is 34.6 Å². The number of nitrogens with one attached hydrogen (secondary N) is 1. The van der Waals surface area contributed by atoms with Crippen LogP contribution in [0.1, 0.15) is 53.4 Å². The second-order valence-corrected chi connectivity index (χ2v) is 6.64.